The van der Waals surface area contributed by atoms with E-state index in [1.165, 1.54) is 0 Å². The predicted octanol–water partition coefficient (Wildman–Crippen LogP) is -1.75. The molecule has 15 heteroatoms. The van der Waals surface area contributed by atoms with Crippen molar-refractivity contribution in [2.75, 3.05) is 5.75 Å². The molecule has 0 saturated heterocycles. The maximum Gasteiger partial charge on any atom is 0.327 e. The average Bonchev–Trinajstić information content (AvgIpc) is 3.26. The SMILES string of the molecule is NC(=O)CC(NC(=O)C(Cc1c[nH]c2ccccc12)NC(=O)C(N)CCC(=O)O)C(=O)NC(CS)C(=O)O. The van der Waals surface area contributed by atoms with Crippen molar-refractivity contribution in [1.29, 1.82) is 0 Å². The molecule has 2 rings (SSSR count). The molecule has 1 aromatic heterocycles. The number of carbonyl (C=O) groups is 6. The Bertz CT molecular complexity index is 1200. The van der Waals surface area contributed by atoms with Crippen molar-refractivity contribution in [1.82, 2.24) is 20.9 Å². The number of thiol groups is 1. The number of carbonyl (C=O) groups excluding carboxylic acids is 4. The zero-order valence-corrected chi connectivity index (χ0v) is 21.1. The van der Waals surface area contributed by atoms with Crippen LogP contribution >= 0.6 is 12.6 Å². The summed E-state index contributed by atoms with van der Waals surface area (Å²) >= 11 is 3.86. The first-order chi connectivity index (χ1) is 17.9. The van der Waals surface area contributed by atoms with Crippen LogP contribution in [-0.2, 0) is 35.2 Å². The molecule has 0 aliphatic rings. The van der Waals surface area contributed by atoms with E-state index in [0.29, 0.717) is 5.56 Å². The van der Waals surface area contributed by atoms with Crippen LogP contribution in [0.25, 0.3) is 10.9 Å². The second-order valence-electron chi connectivity index (χ2n) is 8.48. The summed E-state index contributed by atoms with van der Waals surface area (Å²) in [6.07, 6.45) is 0.369. The molecule has 0 saturated carbocycles. The molecule has 0 bridgehead atoms. The Morgan fingerprint density at radius 2 is 1.53 bits per heavy atom. The highest BCUT2D eigenvalue weighted by atomic mass is 32.1. The van der Waals surface area contributed by atoms with Crippen molar-refractivity contribution >= 4 is 59.1 Å². The lowest BCUT2D eigenvalue weighted by molar-refractivity contribution is -0.142. The molecular weight excluding hydrogens is 520 g/mol. The van der Waals surface area contributed by atoms with E-state index in [1.54, 1.807) is 24.4 Å². The molecule has 1 aromatic carbocycles. The fourth-order valence-corrected chi connectivity index (χ4v) is 3.81. The Hall–Kier alpha value is -4.11. The van der Waals surface area contributed by atoms with E-state index < -0.39 is 66.2 Å². The van der Waals surface area contributed by atoms with Gasteiger partial charge >= 0.3 is 11.9 Å². The molecule has 4 atom stereocenters. The standard InChI is InChI=1S/C23H30N6O8S/c24-13(5-6-19(31)32)20(33)27-15(7-11-9-26-14-4-2-1-3-12(11)14)21(34)28-16(8-18(25)30)22(35)29-17(10-38)23(36)37/h1-4,9,13,15-17,26,38H,5-8,10,24H2,(H2,25,30)(H,27,33)(H,28,34)(H,29,35)(H,31,32)(H,36,37). The molecule has 206 valence electrons. The third-order valence-electron chi connectivity index (χ3n) is 5.57. The average molecular weight is 551 g/mol. The van der Waals surface area contributed by atoms with Crippen molar-refractivity contribution in [2.45, 2.75) is 49.9 Å². The fourth-order valence-electron chi connectivity index (χ4n) is 3.56. The van der Waals surface area contributed by atoms with Gasteiger partial charge in [-0.3, -0.25) is 24.0 Å². The Morgan fingerprint density at radius 1 is 0.921 bits per heavy atom. The Labute approximate surface area is 222 Å². The number of para-hydroxylation sites is 1. The molecule has 4 unspecified atom stereocenters. The van der Waals surface area contributed by atoms with Gasteiger partial charge in [0.05, 0.1) is 12.5 Å². The lowest BCUT2D eigenvalue weighted by Gasteiger charge is -2.24. The van der Waals surface area contributed by atoms with Crippen molar-refractivity contribution in [3.05, 3.63) is 36.0 Å². The summed E-state index contributed by atoms with van der Waals surface area (Å²) in [5.74, 6) is -6.41. The third-order valence-corrected chi connectivity index (χ3v) is 5.94. The van der Waals surface area contributed by atoms with Crippen molar-refractivity contribution in [3.8, 4) is 0 Å². The second kappa shape index (κ2) is 14.0. The van der Waals surface area contributed by atoms with Crippen molar-refractivity contribution in [2.24, 2.45) is 11.5 Å². The quantitative estimate of drug-likeness (QED) is 0.114. The van der Waals surface area contributed by atoms with Gasteiger partial charge in [0.15, 0.2) is 0 Å². The van der Waals surface area contributed by atoms with Crippen LogP contribution in [0.2, 0.25) is 0 Å². The third kappa shape index (κ3) is 8.77. The van der Waals surface area contributed by atoms with Gasteiger partial charge in [-0.1, -0.05) is 18.2 Å². The van der Waals surface area contributed by atoms with Gasteiger partial charge in [-0.2, -0.15) is 12.6 Å². The number of aromatic nitrogens is 1. The molecule has 38 heavy (non-hydrogen) atoms. The van der Waals surface area contributed by atoms with Gasteiger partial charge in [-0.15, -0.1) is 0 Å². The first kappa shape index (κ1) is 30.1. The van der Waals surface area contributed by atoms with Gasteiger partial charge in [0.2, 0.25) is 23.6 Å². The zero-order valence-electron chi connectivity index (χ0n) is 20.2. The van der Waals surface area contributed by atoms with Crippen LogP contribution in [0.3, 0.4) is 0 Å². The monoisotopic (exact) mass is 550 g/mol. The molecule has 0 spiro atoms. The van der Waals surface area contributed by atoms with E-state index in [4.69, 9.17) is 16.6 Å². The topological polar surface area (TPSA) is 247 Å². The number of benzene rings is 1. The molecule has 0 fully saturated rings. The van der Waals surface area contributed by atoms with Gasteiger partial charge < -0.3 is 42.6 Å². The fraction of sp³-hybridized carbons (Fsp3) is 0.391. The zero-order chi connectivity index (χ0) is 28.4. The molecule has 0 aliphatic carbocycles. The minimum atomic E-state index is -1.55. The molecule has 0 aliphatic heterocycles. The van der Waals surface area contributed by atoms with Gasteiger partial charge in [0, 0.05) is 35.7 Å². The van der Waals surface area contributed by atoms with E-state index in [-0.39, 0.29) is 25.0 Å². The molecule has 1 heterocycles. The Morgan fingerprint density at radius 3 is 2.13 bits per heavy atom. The number of fused-ring (bicyclic) bond motifs is 1. The van der Waals surface area contributed by atoms with Crippen LogP contribution in [0.5, 0.6) is 0 Å². The number of primary amides is 1. The van der Waals surface area contributed by atoms with Crippen LogP contribution < -0.4 is 27.4 Å². The number of rotatable bonds is 15. The molecule has 0 radical (unpaired) electrons. The number of nitrogens with two attached hydrogens (primary N) is 2. The first-order valence-corrected chi connectivity index (χ1v) is 12.1. The van der Waals surface area contributed by atoms with Crippen molar-refractivity contribution < 1.29 is 39.0 Å². The molecule has 10 N–H and O–H groups in total. The van der Waals surface area contributed by atoms with Gasteiger partial charge in [0.25, 0.3) is 0 Å². The summed E-state index contributed by atoms with van der Waals surface area (Å²) < 4.78 is 0. The van der Waals surface area contributed by atoms with E-state index in [0.717, 1.165) is 10.9 Å². The second-order valence-corrected chi connectivity index (χ2v) is 8.84. The minimum absolute atomic E-state index is 0.0630. The summed E-state index contributed by atoms with van der Waals surface area (Å²) in [7, 11) is 0. The number of carboxylic acids is 2. The summed E-state index contributed by atoms with van der Waals surface area (Å²) in [5, 5.41) is 25.8. The maximum absolute atomic E-state index is 13.3. The molecular formula is C23H30N6O8S. The number of H-pyrrole nitrogens is 1. The van der Waals surface area contributed by atoms with E-state index in [1.807, 2.05) is 6.07 Å². The van der Waals surface area contributed by atoms with Crippen LogP contribution in [0.15, 0.2) is 30.5 Å². The number of aliphatic carboxylic acids is 2. The highest BCUT2D eigenvalue weighted by Gasteiger charge is 2.31. The van der Waals surface area contributed by atoms with Crippen LogP contribution in [0, 0.1) is 0 Å². The first-order valence-electron chi connectivity index (χ1n) is 11.5. The Balaban J connectivity index is 2.29. The van der Waals surface area contributed by atoms with E-state index >= 15 is 0 Å². The van der Waals surface area contributed by atoms with E-state index in [2.05, 4.69) is 33.6 Å². The Kier molecular flexibility index (Phi) is 11.1. The number of nitrogens with one attached hydrogen (secondary N) is 4. The summed E-state index contributed by atoms with van der Waals surface area (Å²) in [6.45, 7) is 0. The van der Waals surface area contributed by atoms with Crippen LogP contribution in [0.4, 0.5) is 0 Å². The number of amides is 4. The molecule has 2 aromatic rings. The van der Waals surface area contributed by atoms with E-state index in [9.17, 15) is 33.9 Å². The molecule has 4 amide bonds. The lowest BCUT2D eigenvalue weighted by Crippen LogP contribution is -2.58. The highest BCUT2D eigenvalue weighted by Crippen LogP contribution is 2.19. The number of hydrogen-bond donors (Lipinski definition) is 9. The van der Waals surface area contributed by atoms with Crippen molar-refractivity contribution in [3.63, 3.8) is 0 Å². The number of aromatic amines is 1. The van der Waals surface area contributed by atoms with Gasteiger partial charge in [-0.05, 0) is 18.1 Å². The lowest BCUT2D eigenvalue weighted by atomic mass is 10.0. The maximum atomic E-state index is 13.3. The predicted molar refractivity (Wildman–Crippen MR) is 138 cm³/mol. The molecule has 14 nitrogen and oxygen atoms in total. The van der Waals surface area contributed by atoms with Crippen LogP contribution in [-0.4, -0.2) is 80.7 Å². The minimum Gasteiger partial charge on any atom is -0.481 e. The highest BCUT2D eigenvalue weighted by molar-refractivity contribution is 7.80. The number of carboxylic acid groups (broad SMARTS) is 2. The normalized spacial score (nSPS) is 14.1. The number of hydrogen-bond acceptors (Lipinski definition) is 8. The largest absolute Gasteiger partial charge is 0.481 e. The van der Waals surface area contributed by atoms with Gasteiger partial charge in [-0.25, -0.2) is 4.79 Å². The summed E-state index contributed by atoms with van der Waals surface area (Å²) in [4.78, 5) is 75.4. The van der Waals surface area contributed by atoms with Crippen LogP contribution in [0.1, 0.15) is 24.8 Å². The summed E-state index contributed by atoms with van der Waals surface area (Å²) in [6, 6.07) is 1.70. The van der Waals surface area contributed by atoms with Gasteiger partial charge in [0.1, 0.15) is 18.1 Å². The summed E-state index contributed by atoms with van der Waals surface area (Å²) in [5.41, 5.74) is 12.4. The smallest absolute Gasteiger partial charge is 0.327 e.